The third kappa shape index (κ3) is 4.14. The van der Waals surface area contributed by atoms with E-state index in [0.29, 0.717) is 28.1 Å². The second-order valence-electron chi connectivity index (χ2n) is 5.87. The van der Waals surface area contributed by atoms with Gasteiger partial charge in [0.05, 0.1) is 31.9 Å². The van der Waals surface area contributed by atoms with Gasteiger partial charge in [-0.3, -0.25) is 9.69 Å². The molecular weight excluding hydrogens is 376 g/mol. The SMILES string of the molecule is CCN1C(=O)/C(=C\c2ccc(OC)c(OC)c2)SC1=Nc1ccc(OC)cc1. The van der Waals surface area contributed by atoms with Gasteiger partial charge in [-0.25, -0.2) is 4.99 Å². The van der Waals surface area contributed by atoms with Crippen molar-refractivity contribution < 1.29 is 19.0 Å². The number of likely N-dealkylation sites (N-methyl/N-ethyl adjacent to an activating group) is 1. The van der Waals surface area contributed by atoms with Crippen LogP contribution in [0.1, 0.15) is 12.5 Å². The van der Waals surface area contributed by atoms with Gasteiger partial charge in [0.1, 0.15) is 5.75 Å². The zero-order chi connectivity index (χ0) is 20.1. The van der Waals surface area contributed by atoms with Crippen molar-refractivity contribution in [2.75, 3.05) is 27.9 Å². The predicted octanol–water partition coefficient (Wildman–Crippen LogP) is 4.34. The molecule has 6 nitrogen and oxygen atoms in total. The van der Waals surface area contributed by atoms with E-state index in [1.807, 2.05) is 55.5 Å². The molecule has 0 radical (unpaired) electrons. The lowest BCUT2D eigenvalue weighted by molar-refractivity contribution is -0.122. The number of carbonyl (C=O) groups excluding carboxylic acids is 1. The van der Waals surface area contributed by atoms with E-state index >= 15 is 0 Å². The molecule has 1 heterocycles. The number of thioether (sulfide) groups is 1. The van der Waals surface area contributed by atoms with Crippen LogP contribution in [0.4, 0.5) is 5.69 Å². The minimum Gasteiger partial charge on any atom is -0.497 e. The Morgan fingerprint density at radius 2 is 1.71 bits per heavy atom. The Morgan fingerprint density at radius 3 is 2.32 bits per heavy atom. The highest BCUT2D eigenvalue weighted by atomic mass is 32.2. The van der Waals surface area contributed by atoms with Crippen LogP contribution in [0.25, 0.3) is 6.08 Å². The zero-order valence-corrected chi connectivity index (χ0v) is 17.1. The molecule has 1 aliphatic heterocycles. The van der Waals surface area contributed by atoms with E-state index in [9.17, 15) is 4.79 Å². The van der Waals surface area contributed by atoms with Crippen molar-refractivity contribution in [2.45, 2.75) is 6.92 Å². The van der Waals surface area contributed by atoms with Crippen molar-refractivity contribution in [1.82, 2.24) is 4.90 Å². The molecule has 1 fully saturated rings. The lowest BCUT2D eigenvalue weighted by atomic mass is 10.2. The molecule has 7 heteroatoms. The van der Waals surface area contributed by atoms with Crippen LogP contribution < -0.4 is 14.2 Å². The molecule has 146 valence electrons. The number of methoxy groups -OCH3 is 3. The first-order chi connectivity index (χ1) is 13.6. The molecule has 2 aromatic rings. The molecule has 0 N–H and O–H groups in total. The number of aliphatic imine (C=N–C) groups is 1. The third-order valence-corrected chi connectivity index (χ3v) is 5.21. The van der Waals surface area contributed by atoms with Gasteiger partial charge in [0.25, 0.3) is 5.91 Å². The van der Waals surface area contributed by atoms with E-state index in [4.69, 9.17) is 14.2 Å². The first kappa shape index (κ1) is 19.8. The number of hydrogen-bond donors (Lipinski definition) is 0. The first-order valence-corrected chi connectivity index (χ1v) is 9.57. The molecule has 0 aliphatic carbocycles. The Morgan fingerprint density at radius 1 is 1.00 bits per heavy atom. The Balaban J connectivity index is 1.90. The van der Waals surface area contributed by atoms with E-state index in [0.717, 1.165) is 17.0 Å². The van der Waals surface area contributed by atoms with Crippen molar-refractivity contribution in [3.8, 4) is 17.2 Å². The van der Waals surface area contributed by atoms with Gasteiger partial charge in [-0.1, -0.05) is 6.07 Å². The molecule has 0 bridgehead atoms. The van der Waals surface area contributed by atoms with E-state index in [1.54, 1.807) is 26.2 Å². The maximum atomic E-state index is 12.8. The van der Waals surface area contributed by atoms with Crippen LogP contribution in [0, 0.1) is 0 Å². The Labute approximate surface area is 168 Å². The van der Waals surface area contributed by atoms with Crippen LogP contribution >= 0.6 is 11.8 Å². The number of amides is 1. The molecule has 28 heavy (non-hydrogen) atoms. The van der Waals surface area contributed by atoms with Crippen LogP contribution in [-0.4, -0.2) is 43.8 Å². The standard InChI is InChI=1S/C21H22N2O4S/c1-5-23-20(24)19(13-14-6-11-17(26-3)18(12-14)27-4)28-21(23)22-15-7-9-16(25-2)10-8-15/h6-13H,5H2,1-4H3/b19-13+,22-21?. The van der Waals surface area contributed by atoms with Crippen LogP contribution in [0.5, 0.6) is 17.2 Å². The van der Waals surface area contributed by atoms with Gasteiger partial charge in [-0.05, 0) is 66.7 Å². The summed E-state index contributed by atoms with van der Waals surface area (Å²) in [6, 6.07) is 13.0. The average Bonchev–Trinajstić information content (AvgIpc) is 3.02. The molecular formula is C21H22N2O4S. The largest absolute Gasteiger partial charge is 0.497 e. The average molecular weight is 398 g/mol. The fourth-order valence-corrected chi connectivity index (χ4v) is 3.79. The van der Waals surface area contributed by atoms with Crippen molar-refractivity contribution in [3.05, 3.63) is 52.9 Å². The summed E-state index contributed by atoms with van der Waals surface area (Å²) in [5.41, 5.74) is 1.62. The van der Waals surface area contributed by atoms with Gasteiger partial charge >= 0.3 is 0 Å². The minimum atomic E-state index is -0.0606. The monoisotopic (exact) mass is 398 g/mol. The number of carbonyl (C=O) groups is 1. The summed E-state index contributed by atoms with van der Waals surface area (Å²) in [5.74, 6) is 1.97. The third-order valence-electron chi connectivity index (χ3n) is 4.21. The maximum absolute atomic E-state index is 12.8. The minimum absolute atomic E-state index is 0.0606. The topological polar surface area (TPSA) is 60.4 Å². The molecule has 0 unspecified atom stereocenters. The molecule has 3 rings (SSSR count). The summed E-state index contributed by atoms with van der Waals surface area (Å²) in [5, 5.41) is 0.657. The lowest BCUT2D eigenvalue weighted by Gasteiger charge is -2.12. The van der Waals surface area contributed by atoms with Crippen molar-refractivity contribution in [2.24, 2.45) is 4.99 Å². The van der Waals surface area contributed by atoms with Gasteiger partial charge in [0.2, 0.25) is 0 Å². The number of ether oxygens (including phenoxy) is 3. The van der Waals surface area contributed by atoms with Crippen LogP contribution in [-0.2, 0) is 4.79 Å². The predicted molar refractivity (Wildman–Crippen MR) is 113 cm³/mol. The molecule has 0 spiro atoms. The second-order valence-corrected chi connectivity index (χ2v) is 6.88. The molecule has 1 amide bonds. The van der Waals surface area contributed by atoms with Crippen molar-refractivity contribution >= 4 is 34.6 Å². The highest BCUT2D eigenvalue weighted by Gasteiger charge is 2.32. The lowest BCUT2D eigenvalue weighted by Crippen LogP contribution is -2.28. The Kier molecular flexibility index (Phi) is 6.26. The highest BCUT2D eigenvalue weighted by Crippen LogP contribution is 2.35. The summed E-state index contributed by atoms with van der Waals surface area (Å²) in [6.45, 7) is 2.48. The Hall–Kier alpha value is -2.93. The molecule has 0 aromatic heterocycles. The smallest absolute Gasteiger partial charge is 0.266 e. The Bertz CT molecular complexity index is 923. The zero-order valence-electron chi connectivity index (χ0n) is 16.3. The van der Waals surface area contributed by atoms with Gasteiger partial charge in [-0.2, -0.15) is 0 Å². The summed E-state index contributed by atoms with van der Waals surface area (Å²) < 4.78 is 15.8. The van der Waals surface area contributed by atoms with Crippen LogP contribution in [0.3, 0.4) is 0 Å². The first-order valence-electron chi connectivity index (χ1n) is 8.75. The van der Waals surface area contributed by atoms with E-state index in [-0.39, 0.29) is 5.91 Å². The molecule has 0 atom stereocenters. The summed E-state index contributed by atoms with van der Waals surface area (Å²) >= 11 is 1.36. The molecule has 1 aliphatic rings. The van der Waals surface area contributed by atoms with Crippen LogP contribution in [0.15, 0.2) is 52.4 Å². The summed E-state index contributed by atoms with van der Waals surface area (Å²) in [7, 11) is 4.80. The maximum Gasteiger partial charge on any atom is 0.266 e. The normalized spacial score (nSPS) is 16.7. The molecule has 0 saturated carbocycles. The van der Waals surface area contributed by atoms with Gasteiger partial charge in [0, 0.05) is 6.54 Å². The van der Waals surface area contributed by atoms with E-state index in [2.05, 4.69) is 4.99 Å². The number of nitrogens with zero attached hydrogens (tertiary/aromatic N) is 2. The molecule has 1 saturated heterocycles. The summed E-state index contributed by atoms with van der Waals surface area (Å²) in [4.78, 5) is 19.7. The van der Waals surface area contributed by atoms with Crippen LogP contribution in [0.2, 0.25) is 0 Å². The number of amidine groups is 1. The number of rotatable bonds is 6. The number of hydrogen-bond acceptors (Lipinski definition) is 6. The summed E-state index contributed by atoms with van der Waals surface area (Å²) in [6.07, 6.45) is 1.84. The molecule has 2 aromatic carbocycles. The van der Waals surface area contributed by atoms with E-state index < -0.39 is 0 Å². The number of benzene rings is 2. The fourth-order valence-electron chi connectivity index (χ4n) is 2.73. The van der Waals surface area contributed by atoms with Crippen molar-refractivity contribution in [1.29, 1.82) is 0 Å². The highest BCUT2D eigenvalue weighted by molar-refractivity contribution is 8.18. The van der Waals surface area contributed by atoms with Gasteiger partial charge in [0.15, 0.2) is 16.7 Å². The van der Waals surface area contributed by atoms with Gasteiger partial charge in [-0.15, -0.1) is 0 Å². The fraction of sp³-hybridized carbons (Fsp3) is 0.238. The van der Waals surface area contributed by atoms with E-state index in [1.165, 1.54) is 11.8 Å². The van der Waals surface area contributed by atoms with Gasteiger partial charge < -0.3 is 14.2 Å². The quantitative estimate of drug-likeness (QED) is 0.678. The second kappa shape index (κ2) is 8.84. The van der Waals surface area contributed by atoms with Crippen molar-refractivity contribution in [3.63, 3.8) is 0 Å².